The summed E-state index contributed by atoms with van der Waals surface area (Å²) >= 11 is 5.30. The standard InChI is InChI=1S/C27H36N2O3S/c1-20(2)16-18-31-24-12-8-22(9-13-24)26(30)29-27(33)28-23-10-14-25(15-11-23)32-19-17-21-6-4-3-5-7-21/h8-15,20-21H,3-7,16-19H2,1-2H3,(H2,28,29,30,33). The number of amides is 1. The van der Waals surface area contributed by atoms with E-state index in [-0.39, 0.29) is 11.0 Å². The Labute approximate surface area is 203 Å². The van der Waals surface area contributed by atoms with Crippen molar-refractivity contribution in [1.82, 2.24) is 5.32 Å². The van der Waals surface area contributed by atoms with Crippen molar-refractivity contribution in [1.29, 1.82) is 0 Å². The lowest BCUT2D eigenvalue weighted by atomic mass is 9.87. The van der Waals surface area contributed by atoms with Crippen molar-refractivity contribution in [2.75, 3.05) is 18.5 Å². The Balaban J connectivity index is 1.39. The SMILES string of the molecule is CC(C)CCOc1ccc(C(=O)NC(=S)Nc2ccc(OCCC3CCCCC3)cc2)cc1. The average molecular weight is 469 g/mol. The van der Waals surface area contributed by atoms with Gasteiger partial charge in [0.15, 0.2) is 5.11 Å². The van der Waals surface area contributed by atoms with Crippen molar-refractivity contribution in [3.63, 3.8) is 0 Å². The second kappa shape index (κ2) is 13.2. The van der Waals surface area contributed by atoms with Crippen molar-refractivity contribution in [3.05, 3.63) is 54.1 Å². The number of hydrogen-bond acceptors (Lipinski definition) is 4. The van der Waals surface area contributed by atoms with Gasteiger partial charge in [0.2, 0.25) is 0 Å². The third kappa shape index (κ3) is 9.04. The molecule has 5 nitrogen and oxygen atoms in total. The van der Waals surface area contributed by atoms with E-state index in [1.54, 1.807) is 24.3 Å². The summed E-state index contributed by atoms with van der Waals surface area (Å²) in [6.07, 6.45) is 8.90. The molecule has 1 aliphatic rings. The van der Waals surface area contributed by atoms with E-state index in [0.29, 0.717) is 18.1 Å². The van der Waals surface area contributed by atoms with Gasteiger partial charge in [0.1, 0.15) is 11.5 Å². The first-order valence-electron chi connectivity index (χ1n) is 12.1. The maximum atomic E-state index is 12.5. The molecule has 2 N–H and O–H groups in total. The highest BCUT2D eigenvalue weighted by molar-refractivity contribution is 7.80. The maximum Gasteiger partial charge on any atom is 0.257 e. The molecule has 2 aromatic rings. The summed E-state index contributed by atoms with van der Waals surface area (Å²) in [5.74, 6) is 2.76. The van der Waals surface area contributed by atoms with Crippen molar-refractivity contribution < 1.29 is 14.3 Å². The molecule has 2 aromatic carbocycles. The van der Waals surface area contributed by atoms with Gasteiger partial charge in [-0.2, -0.15) is 0 Å². The van der Waals surface area contributed by atoms with E-state index >= 15 is 0 Å². The summed E-state index contributed by atoms with van der Waals surface area (Å²) in [6.45, 7) is 5.75. The van der Waals surface area contributed by atoms with Gasteiger partial charge < -0.3 is 14.8 Å². The van der Waals surface area contributed by atoms with Crippen LogP contribution in [0.15, 0.2) is 48.5 Å². The van der Waals surface area contributed by atoms with Gasteiger partial charge in [0, 0.05) is 11.3 Å². The van der Waals surface area contributed by atoms with Gasteiger partial charge in [-0.3, -0.25) is 10.1 Å². The Morgan fingerprint density at radius 1 is 0.939 bits per heavy atom. The zero-order chi connectivity index (χ0) is 23.5. The van der Waals surface area contributed by atoms with Crippen molar-refractivity contribution in [2.45, 2.75) is 58.8 Å². The molecule has 1 fully saturated rings. The molecule has 0 spiro atoms. The molecule has 1 amide bonds. The molecule has 33 heavy (non-hydrogen) atoms. The monoisotopic (exact) mass is 468 g/mol. The van der Waals surface area contributed by atoms with Crippen LogP contribution in [0.1, 0.15) is 69.2 Å². The van der Waals surface area contributed by atoms with Gasteiger partial charge in [0.25, 0.3) is 5.91 Å². The summed E-state index contributed by atoms with van der Waals surface area (Å²) < 4.78 is 11.6. The molecule has 0 unspecified atom stereocenters. The lowest BCUT2D eigenvalue weighted by molar-refractivity contribution is 0.0977. The van der Waals surface area contributed by atoms with Crippen LogP contribution in [-0.4, -0.2) is 24.2 Å². The summed E-state index contributed by atoms with van der Waals surface area (Å²) in [5.41, 5.74) is 1.32. The van der Waals surface area contributed by atoms with Crippen LogP contribution in [0.3, 0.4) is 0 Å². The van der Waals surface area contributed by atoms with Gasteiger partial charge >= 0.3 is 0 Å². The number of anilines is 1. The third-order valence-corrected chi connectivity index (χ3v) is 6.14. The second-order valence-corrected chi connectivity index (χ2v) is 9.54. The Kier molecular flexibility index (Phi) is 10.0. The largest absolute Gasteiger partial charge is 0.494 e. The fraction of sp³-hybridized carbons (Fsp3) is 0.481. The Bertz CT molecular complexity index is 875. The second-order valence-electron chi connectivity index (χ2n) is 9.13. The van der Waals surface area contributed by atoms with E-state index in [2.05, 4.69) is 24.5 Å². The first-order chi connectivity index (χ1) is 16.0. The van der Waals surface area contributed by atoms with Gasteiger partial charge in [-0.05, 0) is 85.4 Å². The highest BCUT2D eigenvalue weighted by Crippen LogP contribution is 2.26. The van der Waals surface area contributed by atoms with Crippen LogP contribution in [0.5, 0.6) is 11.5 Å². The van der Waals surface area contributed by atoms with Crippen LogP contribution < -0.4 is 20.1 Å². The van der Waals surface area contributed by atoms with Gasteiger partial charge in [-0.1, -0.05) is 46.0 Å². The average Bonchev–Trinajstić information content (AvgIpc) is 2.81. The number of nitrogens with one attached hydrogen (secondary N) is 2. The molecule has 3 rings (SSSR count). The predicted molar refractivity (Wildman–Crippen MR) is 138 cm³/mol. The smallest absolute Gasteiger partial charge is 0.257 e. The highest BCUT2D eigenvalue weighted by Gasteiger charge is 2.13. The van der Waals surface area contributed by atoms with Crippen molar-refractivity contribution >= 4 is 28.9 Å². The predicted octanol–water partition coefficient (Wildman–Crippen LogP) is 6.59. The lowest BCUT2D eigenvalue weighted by Crippen LogP contribution is -2.34. The number of carbonyl (C=O) groups is 1. The minimum atomic E-state index is -0.260. The van der Waals surface area contributed by atoms with E-state index in [4.69, 9.17) is 21.7 Å². The quantitative estimate of drug-likeness (QED) is 0.385. The highest BCUT2D eigenvalue weighted by atomic mass is 32.1. The van der Waals surface area contributed by atoms with Gasteiger partial charge in [-0.15, -0.1) is 0 Å². The molecule has 0 aromatic heterocycles. The normalized spacial score (nSPS) is 14.0. The number of carbonyl (C=O) groups excluding carboxylic acids is 1. The number of ether oxygens (including phenoxy) is 2. The Morgan fingerprint density at radius 2 is 1.55 bits per heavy atom. The Hall–Kier alpha value is -2.60. The topological polar surface area (TPSA) is 59.6 Å². The molecule has 0 aliphatic heterocycles. The van der Waals surface area contributed by atoms with Crippen LogP contribution in [0.4, 0.5) is 5.69 Å². The van der Waals surface area contributed by atoms with Crippen LogP contribution >= 0.6 is 12.2 Å². The lowest BCUT2D eigenvalue weighted by Gasteiger charge is -2.21. The van der Waals surface area contributed by atoms with E-state index in [1.807, 2.05) is 24.3 Å². The third-order valence-electron chi connectivity index (χ3n) is 5.94. The Morgan fingerprint density at radius 3 is 2.18 bits per heavy atom. The van der Waals surface area contributed by atoms with E-state index < -0.39 is 0 Å². The number of rotatable bonds is 10. The number of hydrogen-bond donors (Lipinski definition) is 2. The first kappa shape index (κ1) is 25.0. The molecule has 0 saturated heterocycles. The fourth-order valence-corrected chi connectivity index (χ4v) is 4.12. The number of thiocarbonyl (C=S) groups is 1. The van der Waals surface area contributed by atoms with Crippen LogP contribution in [0.25, 0.3) is 0 Å². The van der Waals surface area contributed by atoms with Crippen molar-refractivity contribution in [3.8, 4) is 11.5 Å². The van der Waals surface area contributed by atoms with Crippen LogP contribution in [0, 0.1) is 11.8 Å². The summed E-state index contributed by atoms with van der Waals surface area (Å²) in [5, 5.41) is 6.02. The fourth-order valence-electron chi connectivity index (χ4n) is 3.91. The minimum Gasteiger partial charge on any atom is -0.494 e. The molecule has 1 saturated carbocycles. The molecule has 0 bridgehead atoms. The van der Waals surface area contributed by atoms with E-state index in [9.17, 15) is 4.79 Å². The first-order valence-corrected chi connectivity index (χ1v) is 12.5. The minimum absolute atomic E-state index is 0.253. The number of benzene rings is 2. The molecule has 1 aliphatic carbocycles. The van der Waals surface area contributed by atoms with Crippen LogP contribution in [-0.2, 0) is 0 Å². The molecule has 0 heterocycles. The van der Waals surface area contributed by atoms with E-state index in [0.717, 1.165) is 42.6 Å². The molecule has 178 valence electrons. The molecule has 6 heteroatoms. The summed E-state index contributed by atoms with van der Waals surface area (Å²) in [6, 6.07) is 14.7. The molecule has 0 radical (unpaired) electrons. The van der Waals surface area contributed by atoms with Gasteiger partial charge in [0.05, 0.1) is 13.2 Å². The van der Waals surface area contributed by atoms with Crippen LogP contribution in [0.2, 0.25) is 0 Å². The molecular weight excluding hydrogens is 432 g/mol. The van der Waals surface area contributed by atoms with Gasteiger partial charge in [-0.25, -0.2) is 0 Å². The van der Waals surface area contributed by atoms with E-state index in [1.165, 1.54) is 32.1 Å². The van der Waals surface area contributed by atoms with Crippen molar-refractivity contribution in [2.24, 2.45) is 11.8 Å². The molecular formula is C27H36N2O3S. The zero-order valence-corrected chi connectivity index (χ0v) is 20.6. The summed E-state index contributed by atoms with van der Waals surface area (Å²) in [4.78, 5) is 12.5. The summed E-state index contributed by atoms with van der Waals surface area (Å²) in [7, 11) is 0. The molecule has 0 atom stereocenters. The maximum absolute atomic E-state index is 12.5. The zero-order valence-electron chi connectivity index (χ0n) is 19.8.